The molecular formula is C13H29NO. The van der Waals surface area contributed by atoms with E-state index in [1.54, 1.807) is 7.11 Å². The molecule has 0 amide bonds. The minimum absolute atomic E-state index is 0.343. The van der Waals surface area contributed by atoms with Crippen molar-refractivity contribution in [2.75, 3.05) is 20.3 Å². The molecule has 2 unspecified atom stereocenters. The Hall–Kier alpha value is -0.0800. The van der Waals surface area contributed by atoms with Gasteiger partial charge in [0.1, 0.15) is 0 Å². The zero-order valence-electron chi connectivity index (χ0n) is 11.4. The second kappa shape index (κ2) is 7.24. The van der Waals surface area contributed by atoms with Gasteiger partial charge in [0, 0.05) is 19.8 Å². The Morgan fingerprint density at radius 1 is 1.27 bits per heavy atom. The molecule has 92 valence electrons. The summed E-state index contributed by atoms with van der Waals surface area (Å²) >= 11 is 0. The Balaban J connectivity index is 3.99. The van der Waals surface area contributed by atoms with E-state index >= 15 is 0 Å². The molecular weight excluding hydrogens is 186 g/mol. The monoisotopic (exact) mass is 215 g/mol. The lowest BCUT2D eigenvalue weighted by atomic mass is 9.76. The predicted molar refractivity (Wildman–Crippen MR) is 67.2 cm³/mol. The van der Waals surface area contributed by atoms with Crippen LogP contribution in [0.4, 0.5) is 0 Å². The van der Waals surface area contributed by atoms with Crippen LogP contribution in [-0.2, 0) is 4.74 Å². The highest BCUT2D eigenvalue weighted by atomic mass is 16.5. The summed E-state index contributed by atoms with van der Waals surface area (Å²) in [6.07, 6.45) is 2.41. The molecule has 1 N–H and O–H groups in total. The number of methoxy groups -OCH3 is 1. The minimum Gasteiger partial charge on any atom is -0.384 e. The third-order valence-corrected chi connectivity index (χ3v) is 3.33. The van der Waals surface area contributed by atoms with Gasteiger partial charge in [0.15, 0.2) is 0 Å². The zero-order valence-corrected chi connectivity index (χ0v) is 11.4. The summed E-state index contributed by atoms with van der Waals surface area (Å²) in [6, 6.07) is 0.597. The van der Waals surface area contributed by atoms with Crippen LogP contribution in [0.1, 0.15) is 47.5 Å². The van der Waals surface area contributed by atoms with E-state index in [-0.39, 0.29) is 0 Å². The van der Waals surface area contributed by atoms with Gasteiger partial charge in [-0.05, 0) is 37.6 Å². The first-order chi connectivity index (χ1) is 6.94. The second-order valence-corrected chi connectivity index (χ2v) is 5.40. The van der Waals surface area contributed by atoms with Crippen LogP contribution in [0.5, 0.6) is 0 Å². The fourth-order valence-corrected chi connectivity index (χ4v) is 1.93. The SMILES string of the molecule is CCCNC(C)CC(C)(C)C(C)COC. The molecule has 2 nitrogen and oxygen atoms in total. The van der Waals surface area contributed by atoms with Crippen LogP contribution in [0.2, 0.25) is 0 Å². The van der Waals surface area contributed by atoms with Gasteiger partial charge in [0.25, 0.3) is 0 Å². The van der Waals surface area contributed by atoms with E-state index in [4.69, 9.17) is 4.74 Å². The lowest BCUT2D eigenvalue weighted by Crippen LogP contribution is -2.35. The van der Waals surface area contributed by atoms with Crippen molar-refractivity contribution in [1.29, 1.82) is 0 Å². The largest absolute Gasteiger partial charge is 0.384 e. The molecule has 0 aromatic carbocycles. The van der Waals surface area contributed by atoms with E-state index < -0.39 is 0 Å². The van der Waals surface area contributed by atoms with Crippen molar-refractivity contribution < 1.29 is 4.74 Å². The highest BCUT2D eigenvalue weighted by Crippen LogP contribution is 2.31. The summed E-state index contributed by atoms with van der Waals surface area (Å²) in [5.74, 6) is 0.605. The van der Waals surface area contributed by atoms with Crippen LogP contribution in [0.15, 0.2) is 0 Å². The lowest BCUT2D eigenvalue weighted by molar-refractivity contribution is 0.0803. The summed E-state index contributed by atoms with van der Waals surface area (Å²) in [7, 11) is 1.78. The van der Waals surface area contributed by atoms with Crippen LogP contribution >= 0.6 is 0 Å². The van der Waals surface area contributed by atoms with Crippen LogP contribution in [0.3, 0.4) is 0 Å². The fourth-order valence-electron chi connectivity index (χ4n) is 1.93. The van der Waals surface area contributed by atoms with Crippen LogP contribution < -0.4 is 5.32 Å². The van der Waals surface area contributed by atoms with Gasteiger partial charge in [-0.15, -0.1) is 0 Å². The molecule has 0 radical (unpaired) electrons. The van der Waals surface area contributed by atoms with Gasteiger partial charge in [-0.1, -0.05) is 27.7 Å². The number of hydrogen-bond donors (Lipinski definition) is 1. The van der Waals surface area contributed by atoms with Crippen LogP contribution in [0.25, 0.3) is 0 Å². The van der Waals surface area contributed by atoms with Gasteiger partial charge in [-0.25, -0.2) is 0 Å². The van der Waals surface area contributed by atoms with Gasteiger partial charge in [0.2, 0.25) is 0 Å². The molecule has 0 spiro atoms. The molecule has 2 heteroatoms. The Morgan fingerprint density at radius 3 is 2.33 bits per heavy atom. The number of hydrogen-bond acceptors (Lipinski definition) is 2. The molecule has 0 aromatic heterocycles. The zero-order chi connectivity index (χ0) is 11.9. The van der Waals surface area contributed by atoms with Gasteiger partial charge < -0.3 is 10.1 Å². The quantitative estimate of drug-likeness (QED) is 0.672. The summed E-state index contributed by atoms with van der Waals surface area (Å²) < 4.78 is 5.23. The van der Waals surface area contributed by atoms with E-state index in [9.17, 15) is 0 Å². The van der Waals surface area contributed by atoms with E-state index in [1.165, 1.54) is 12.8 Å². The normalized spacial score (nSPS) is 16.4. The first-order valence-corrected chi connectivity index (χ1v) is 6.16. The summed E-state index contributed by atoms with van der Waals surface area (Å²) in [4.78, 5) is 0. The number of rotatable bonds is 8. The summed E-state index contributed by atoms with van der Waals surface area (Å²) in [6.45, 7) is 13.4. The molecule has 0 aromatic rings. The van der Waals surface area contributed by atoms with Crippen molar-refractivity contribution in [3.63, 3.8) is 0 Å². The van der Waals surface area contributed by atoms with E-state index in [0.29, 0.717) is 17.4 Å². The Morgan fingerprint density at radius 2 is 1.87 bits per heavy atom. The molecule has 0 heterocycles. The average molecular weight is 215 g/mol. The standard InChI is InChI=1S/C13H29NO/c1-7-8-14-12(3)9-13(4,5)11(2)10-15-6/h11-12,14H,7-10H2,1-6H3. The topological polar surface area (TPSA) is 21.3 Å². The van der Waals surface area contributed by atoms with Crippen molar-refractivity contribution >= 4 is 0 Å². The molecule has 0 saturated carbocycles. The highest BCUT2D eigenvalue weighted by molar-refractivity contribution is 4.79. The van der Waals surface area contributed by atoms with Crippen LogP contribution in [-0.4, -0.2) is 26.3 Å². The van der Waals surface area contributed by atoms with Crippen molar-refractivity contribution in [3.05, 3.63) is 0 Å². The first-order valence-electron chi connectivity index (χ1n) is 6.16. The molecule has 15 heavy (non-hydrogen) atoms. The molecule has 0 saturated heterocycles. The molecule has 0 aliphatic heterocycles. The number of ether oxygens (including phenoxy) is 1. The fraction of sp³-hybridized carbons (Fsp3) is 1.00. The Labute approximate surface area is 95.8 Å². The maximum atomic E-state index is 5.23. The van der Waals surface area contributed by atoms with Crippen LogP contribution in [0, 0.1) is 11.3 Å². The molecule has 0 aliphatic rings. The van der Waals surface area contributed by atoms with Gasteiger partial charge in [-0.2, -0.15) is 0 Å². The maximum absolute atomic E-state index is 5.23. The van der Waals surface area contributed by atoms with E-state index in [0.717, 1.165) is 13.2 Å². The van der Waals surface area contributed by atoms with Gasteiger partial charge >= 0.3 is 0 Å². The van der Waals surface area contributed by atoms with E-state index in [1.807, 2.05) is 0 Å². The molecule has 2 atom stereocenters. The molecule has 0 aliphatic carbocycles. The van der Waals surface area contributed by atoms with Crippen molar-refractivity contribution in [2.45, 2.75) is 53.5 Å². The van der Waals surface area contributed by atoms with E-state index in [2.05, 4.69) is 39.9 Å². The Bertz CT molecular complexity index is 157. The third kappa shape index (κ3) is 6.16. The minimum atomic E-state index is 0.343. The van der Waals surface area contributed by atoms with Crippen molar-refractivity contribution in [1.82, 2.24) is 5.32 Å². The molecule has 0 bridgehead atoms. The maximum Gasteiger partial charge on any atom is 0.0492 e. The Kier molecular flexibility index (Phi) is 7.20. The van der Waals surface area contributed by atoms with Gasteiger partial charge in [-0.3, -0.25) is 0 Å². The van der Waals surface area contributed by atoms with Gasteiger partial charge in [0.05, 0.1) is 0 Å². The molecule has 0 rings (SSSR count). The predicted octanol–water partition coefficient (Wildman–Crippen LogP) is 3.07. The highest BCUT2D eigenvalue weighted by Gasteiger charge is 2.27. The summed E-state index contributed by atoms with van der Waals surface area (Å²) in [5, 5.41) is 3.54. The van der Waals surface area contributed by atoms with Crippen molar-refractivity contribution in [2.24, 2.45) is 11.3 Å². The second-order valence-electron chi connectivity index (χ2n) is 5.40. The number of nitrogens with one attached hydrogen (secondary N) is 1. The average Bonchev–Trinajstić information content (AvgIpc) is 2.14. The van der Waals surface area contributed by atoms with Crippen molar-refractivity contribution in [3.8, 4) is 0 Å². The summed E-state index contributed by atoms with van der Waals surface area (Å²) in [5.41, 5.74) is 0.343. The molecule has 0 fully saturated rings. The lowest BCUT2D eigenvalue weighted by Gasteiger charge is -2.34. The third-order valence-electron chi connectivity index (χ3n) is 3.33. The smallest absolute Gasteiger partial charge is 0.0492 e. The first kappa shape index (κ1) is 14.9.